The topological polar surface area (TPSA) is 78.5 Å². The number of carbonyl (C=O) groups is 1. The quantitative estimate of drug-likeness (QED) is 0.699. The lowest BCUT2D eigenvalue weighted by Gasteiger charge is -2.23. The molecule has 3 fully saturated rings. The van der Waals surface area contributed by atoms with Crippen LogP contribution in [0.15, 0.2) is 0 Å². The van der Waals surface area contributed by atoms with E-state index in [-0.39, 0.29) is 18.9 Å². The van der Waals surface area contributed by atoms with Gasteiger partial charge in [-0.05, 0) is 25.3 Å². The number of hydrogen-bond acceptors (Lipinski definition) is 4. The number of rotatable bonds is 4. The summed E-state index contributed by atoms with van der Waals surface area (Å²) < 4.78 is 24.2. The van der Waals surface area contributed by atoms with Gasteiger partial charge in [-0.25, -0.2) is 13.1 Å². The molecule has 0 aromatic rings. The fourth-order valence-electron chi connectivity index (χ4n) is 2.64. The first kappa shape index (κ1) is 13.8. The Labute approximate surface area is 108 Å². The lowest BCUT2D eigenvalue weighted by atomic mass is 9.97. The summed E-state index contributed by atoms with van der Waals surface area (Å²) in [5.74, 6) is 0.599. The van der Waals surface area contributed by atoms with Gasteiger partial charge < -0.3 is 10.2 Å². The Morgan fingerprint density at radius 1 is 1.39 bits per heavy atom. The standard InChI is InChI=1S/C11H21N3O3S/c1-18(16,17)13-5-4-11(15)14-7-9-2-3-10(8-14)12-6-9/h9-10,12-13H,2-8H2,1H3/t9-,10-/m0/s1. The first-order valence-electron chi connectivity index (χ1n) is 6.40. The largest absolute Gasteiger partial charge is 0.341 e. The lowest BCUT2D eigenvalue weighted by Crippen LogP contribution is -2.41. The van der Waals surface area contributed by atoms with Crippen LogP contribution in [-0.4, -0.2) is 57.7 Å². The molecule has 3 saturated heterocycles. The number of carbonyl (C=O) groups excluding carboxylic acids is 1. The highest BCUT2D eigenvalue weighted by atomic mass is 32.2. The lowest BCUT2D eigenvalue weighted by molar-refractivity contribution is -0.131. The first-order valence-corrected chi connectivity index (χ1v) is 8.29. The van der Waals surface area contributed by atoms with Crippen LogP contribution in [-0.2, 0) is 14.8 Å². The molecule has 3 heterocycles. The zero-order valence-electron chi connectivity index (χ0n) is 10.7. The van der Waals surface area contributed by atoms with Crippen molar-refractivity contribution in [2.24, 2.45) is 5.92 Å². The first-order chi connectivity index (χ1) is 8.44. The summed E-state index contributed by atoms with van der Waals surface area (Å²) in [6.07, 6.45) is 3.67. The average Bonchev–Trinajstić information content (AvgIpc) is 2.60. The van der Waals surface area contributed by atoms with E-state index in [1.165, 1.54) is 6.42 Å². The molecule has 1 amide bonds. The van der Waals surface area contributed by atoms with E-state index in [1.807, 2.05) is 4.90 Å². The monoisotopic (exact) mass is 275 g/mol. The number of nitrogens with one attached hydrogen (secondary N) is 2. The Bertz CT molecular complexity index is 388. The molecule has 0 spiro atoms. The second kappa shape index (κ2) is 5.54. The Balaban J connectivity index is 1.82. The average molecular weight is 275 g/mol. The van der Waals surface area contributed by atoms with Crippen molar-refractivity contribution in [3.8, 4) is 0 Å². The number of fused-ring (bicyclic) bond motifs is 4. The summed E-state index contributed by atoms with van der Waals surface area (Å²) in [5, 5.41) is 3.44. The minimum absolute atomic E-state index is 0.0479. The van der Waals surface area contributed by atoms with Gasteiger partial charge in [0, 0.05) is 32.1 Å². The van der Waals surface area contributed by atoms with Gasteiger partial charge in [-0.1, -0.05) is 0 Å². The number of nitrogens with zero attached hydrogens (tertiary/aromatic N) is 1. The van der Waals surface area contributed by atoms with Crippen LogP contribution in [0.2, 0.25) is 0 Å². The molecule has 0 saturated carbocycles. The van der Waals surface area contributed by atoms with Gasteiger partial charge in [0.25, 0.3) is 0 Å². The van der Waals surface area contributed by atoms with Crippen molar-refractivity contribution >= 4 is 15.9 Å². The van der Waals surface area contributed by atoms with Crippen molar-refractivity contribution in [1.29, 1.82) is 0 Å². The number of sulfonamides is 1. The summed E-state index contributed by atoms with van der Waals surface area (Å²) in [6, 6.07) is 0.413. The molecule has 18 heavy (non-hydrogen) atoms. The van der Waals surface area contributed by atoms with Crippen molar-refractivity contribution in [2.75, 3.05) is 32.4 Å². The van der Waals surface area contributed by atoms with E-state index in [2.05, 4.69) is 10.0 Å². The normalized spacial score (nSPS) is 28.2. The van der Waals surface area contributed by atoms with Gasteiger partial charge in [0.1, 0.15) is 0 Å². The molecule has 2 N–H and O–H groups in total. The van der Waals surface area contributed by atoms with Gasteiger partial charge in [-0.15, -0.1) is 0 Å². The number of piperidine rings is 1. The van der Waals surface area contributed by atoms with E-state index in [9.17, 15) is 13.2 Å². The molecule has 0 unspecified atom stereocenters. The summed E-state index contributed by atoms with van der Waals surface area (Å²) in [7, 11) is -3.20. The smallest absolute Gasteiger partial charge is 0.223 e. The van der Waals surface area contributed by atoms with Gasteiger partial charge >= 0.3 is 0 Å². The van der Waals surface area contributed by atoms with Crippen molar-refractivity contribution in [3.63, 3.8) is 0 Å². The molecule has 104 valence electrons. The minimum atomic E-state index is -3.20. The summed E-state index contributed by atoms with van der Waals surface area (Å²) in [6.45, 7) is 2.75. The van der Waals surface area contributed by atoms with Gasteiger partial charge in [-0.3, -0.25) is 4.79 Å². The fraction of sp³-hybridized carbons (Fsp3) is 0.909. The van der Waals surface area contributed by atoms with Crippen LogP contribution in [0.25, 0.3) is 0 Å². The summed E-state index contributed by atoms with van der Waals surface area (Å²) >= 11 is 0. The maximum absolute atomic E-state index is 12.0. The van der Waals surface area contributed by atoms with Gasteiger partial charge in [-0.2, -0.15) is 0 Å². The molecule has 0 aromatic carbocycles. The third-order valence-corrected chi connectivity index (χ3v) is 4.32. The SMILES string of the molecule is CS(=O)(=O)NCCC(=O)N1C[C@H]2CC[C@@H](C1)NC2. The Kier molecular flexibility index (Phi) is 4.24. The molecule has 3 aliphatic heterocycles. The number of hydrogen-bond donors (Lipinski definition) is 2. The van der Waals surface area contributed by atoms with Crippen LogP contribution >= 0.6 is 0 Å². The van der Waals surface area contributed by atoms with E-state index < -0.39 is 10.0 Å². The van der Waals surface area contributed by atoms with Crippen LogP contribution in [0.1, 0.15) is 19.3 Å². The third kappa shape index (κ3) is 3.93. The van der Waals surface area contributed by atoms with Crippen LogP contribution in [0.3, 0.4) is 0 Å². The molecule has 0 aromatic heterocycles. The van der Waals surface area contributed by atoms with Crippen LogP contribution in [0.4, 0.5) is 0 Å². The van der Waals surface area contributed by atoms with E-state index in [1.54, 1.807) is 0 Å². The molecule has 3 rings (SSSR count). The van der Waals surface area contributed by atoms with Crippen LogP contribution in [0.5, 0.6) is 0 Å². The Hall–Kier alpha value is -0.660. The predicted octanol–water partition coefficient (Wildman–Crippen LogP) is -0.864. The molecule has 7 heteroatoms. The van der Waals surface area contributed by atoms with E-state index >= 15 is 0 Å². The second-order valence-electron chi connectivity index (χ2n) is 5.26. The maximum atomic E-state index is 12.0. The van der Waals surface area contributed by atoms with Crippen molar-refractivity contribution < 1.29 is 13.2 Å². The molecule has 0 aliphatic carbocycles. The van der Waals surface area contributed by atoms with E-state index in [0.717, 1.165) is 32.3 Å². The zero-order chi connectivity index (χ0) is 13.2. The molecule has 0 radical (unpaired) electrons. The summed E-state index contributed by atoms with van der Waals surface area (Å²) in [5.41, 5.74) is 0. The van der Waals surface area contributed by atoms with Crippen molar-refractivity contribution in [3.05, 3.63) is 0 Å². The van der Waals surface area contributed by atoms with E-state index in [4.69, 9.17) is 0 Å². The molecule has 3 aliphatic rings. The Morgan fingerprint density at radius 2 is 2.17 bits per heavy atom. The van der Waals surface area contributed by atoms with Crippen LogP contribution in [0, 0.1) is 5.92 Å². The second-order valence-corrected chi connectivity index (χ2v) is 7.10. The summed E-state index contributed by atoms with van der Waals surface area (Å²) in [4.78, 5) is 13.9. The van der Waals surface area contributed by atoms with Gasteiger partial charge in [0.05, 0.1) is 6.26 Å². The fourth-order valence-corrected chi connectivity index (χ4v) is 3.12. The zero-order valence-corrected chi connectivity index (χ0v) is 11.5. The number of amides is 1. The molecule has 2 atom stereocenters. The highest BCUT2D eigenvalue weighted by Crippen LogP contribution is 2.21. The third-order valence-electron chi connectivity index (χ3n) is 3.59. The van der Waals surface area contributed by atoms with Gasteiger partial charge in [0.15, 0.2) is 0 Å². The Morgan fingerprint density at radius 3 is 2.78 bits per heavy atom. The maximum Gasteiger partial charge on any atom is 0.223 e. The molecular weight excluding hydrogens is 254 g/mol. The van der Waals surface area contributed by atoms with Crippen molar-refractivity contribution in [2.45, 2.75) is 25.3 Å². The van der Waals surface area contributed by atoms with Gasteiger partial charge in [0.2, 0.25) is 15.9 Å². The predicted molar refractivity (Wildman–Crippen MR) is 68.6 cm³/mol. The highest BCUT2D eigenvalue weighted by Gasteiger charge is 2.30. The minimum Gasteiger partial charge on any atom is -0.341 e. The molecular formula is C11H21N3O3S. The molecule has 6 nitrogen and oxygen atoms in total. The molecule has 2 bridgehead atoms. The highest BCUT2D eigenvalue weighted by molar-refractivity contribution is 7.88. The van der Waals surface area contributed by atoms with E-state index in [0.29, 0.717) is 12.0 Å². The van der Waals surface area contributed by atoms with Crippen molar-refractivity contribution in [1.82, 2.24) is 14.9 Å². The van der Waals surface area contributed by atoms with Crippen LogP contribution < -0.4 is 10.0 Å².